The van der Waals surface area contributed by atoms with Gasteiger partial charge in [0.15, 0.2) is 10.8 Å². The number of benzene rings is 1. The molecule has 4 N–H and O–H groups in total. The largest absolute Gasteiger partial charge is 0.461 e. The molecule has 7 nitrogen and oxygen atoms in total. The van der Waals surface area contributed by atoms with E-state index < -0.39 is 5.97 Å². The second-order valence-electron chi connectivity index (χ2n) is 4.33. The number of hydrogen-bond donors (Lipinski definition) is 3. The maximum absolute atomic E-state index is 11.9. The molecule has 0 atom stereocenters. The average Bonchev–Trinajstić information content (AvgIpc) is 2.47. The van der Waals surface area contributed by atoms with Crippen LogP contribution < -0.4 is 16.6 Å². The first kappa shape index (κ1) is 17.6. The van der Waals surface area contributed by atoms with Crippen LogP contribution in [0, 0.1) is 6.92 Å². The van der Waals surface area contributed by atoms with Gasteiger partial charge in [-0.3, -0.25) is 10.9 Å². The minimum atomic E-state index is -0.590. The molecule has 118 valence electrons. The van der Waals surface area contributed by atoms with Gasteiger partial charge in [0.05, 0.1) is 18.0 Å². The quantitative estimate of drug-likeness (QED) is 0.318. The Labute approximate surface area is 134 Å². The molecule has 0 amide bonds. The molecule has 1 rings (SSSR count). The molecule has 0 aromatic heterocycles. The topological polar surface area (TPSA) is 101 Å². The predicted octanol–water partition coefficient (Wildman–Crippen LogP) is 1.54. The first-order valence-electron chi connectivity index (χ1n) is 6.61. The summed E-state index contributed by atoms with van der Waals surface area (Å²) in [7, 11) is 0. The van der Waals surface area contributed by atoms with Gasteiger partial charge >= 0.3 is 5.97 Å². The molecule has 0 aliphatic heterocycles. The number of hydrogen-bond acceptors (Lipinski definition) is 6. The lowest BCUT2D eigenvalue weighted by atomic mass is 10.2. The van der Waals surface area contributed by atoms with Gasteiger partial charge in [0, 0.05) is 0 Å². The van der Waals surface area contributed by atoms with E-state index in [1.54, 1.807) is 13.8 Å². The highest BCUT2D eigenvalue weighted by atomic mass is 32.1. The van der Waals surface area contributed by atoms with Crippen LogP contribution in [-0.4, -0.2) is 29.1 Å². The van der Waals surface area contributed by atoms with Gasteiger partial charge in [-0.25, -0.2) is 4.79 Å². The molecule has 0 heterocycles. The second-order valence-corrected chi connectivity index (χ2v) is 4.77. The molecule has 0 saturated heterocycles. The van der Waals surface area contributed by atoms with Crippen molar-refractivity contribution in [3.63, 3.8) is 0 Å². The van der Waals surface area contributed by atoms with Crippen LogP contribution in [0.3, 0.4) is 0 Å². The summed E-state index contributed by atoms with van der Waals surface area (Å²) in [5.41, 5.74) is 12.7. The summed E-state index contributed by atoms with van der Waals surface area (Å²) in [5, 5.41) is 7.93. The SMILES string of the molecule is CCOC(=O)C(=N\Nc1ccc(C)cc1)/C(C)=N\NC(N)=S. The number of anilines is 1. The summed E-state index contributed by atoms with van der Waals surface area (Å²) in [5.74, 6) is -0.590. The van der Waals surface area contributed by atoms with Gasteiger partial charge in [-0.1, -0.05) is 17.7 Å². The zero-order valence-corrected chi connectivity index (χ0v) is 13.5. The van der Waals surface area contributed by atoms with E-state index in [2.05, 4.69) is 33.3 Å². The highest BCUT2D eigenvalue weighted by molar-refractivity contribution is 7.80. The third-order valence-corrected chi connectivity index (χ3v) is 2.58. The Morgan fingerprint density at radius 2 is 1.95 bits per heavy atom. The highest BCUT2D eigenvalue weighted by Gasteiger charge is 2.17. The fraction of sp³-hybridized carbons (Fsp3) is 0.286. The van der Waals surface area contributed by atoms with Crippen molar-refractivity contribution in [3.8, 4) is 0 Å². The zero-order valence-electron chi connectivity index (χ0n) is 12.7. The van der Waals surface area contributed by atoms with E-state index in [-0.39, 0.29) is 17.4 Å². The monoisotopic (exact) mass is 321 g/mol. The Morgan fingerprint density at radius 1 is 1.32 bits per heavy atom. The fourth-order valence-electron chi connectivity index (χ4n) is 1.41. The van der Waals surface area contributed by atoms with Crippen molar-refractivity contribution in [2.75, 3.05) is 12.0 Å². The van der Waals surface area contributed by atoms with Gasteiger partial charge in [-0.2, -0.15) is 10.2 Å². The number of carbonyl (C=O) groups excluding carboxylic acids is 1. The molecule has 1 aromatic carbocycles. The maximum Gasteiger partial charge on any atom is 0.360 e. The van der Waals surface area contributed by atoms with Crippen LogP contribution in [0.1, 0.15) is 19.4 Å². The highest BCUT2D eigenvalue weighted by Crippen LogP contribution is 2.08. The van der Waals surface area contributed by atoms with Crippen LogP contribution >= 0.6 is 12.2 Å². The average molecular weight is 321 g/mol. The molecule has 0 radical (unpaired) electrons. The van der Waals surface area contributed by atoms with E-state index in [9.17, 15) is 4.79 Å². The molecule has 0 aliphatic carbocycles. The normalized spacial score (nSPS) is 11.8. The molecule has 0 fully saturated rings. The lowest BCUT2D eigenvalue weighted by Crippen LogP contribution is -2.30. The molecule has 0 spiro atoms. The van der Waals surface area contributed by atoms with Crippen molar-refractivity contribution in [2.24, 2.45) is 15.9 Å². The smallest absolute Gasteiger partial charge is 0.360 e. The van der Waals surface area contributed by atoms with E-state index in [1.165, 1.54) is 0 Å². The Morgan fingerprint density at radius 3 is 2.50 bits per heavy atom. The lowest BCUT2D eigenvalue weighted by molar-refractivity contribution is -0.134. The van der Waals surface area contributed by atoms with E-state index in [4.69, 9.17) is 10.5 Å². The number of carbonyl (C=O) groups is 1. The molecule has 0 aliphatic rings. The summed E-state index contributed by atoms with van der Waals surface area (Å²) in [6.45, 7) is 5.52. The number of thiocarbonyl (C=S) groups is 1. The molecular formula is C14H19N5O2S. The van der Waals surface area contributed by atoms with E-state index >= 15 is 0 Å². The predicted molar refractivity (Wildman–Crippen MR) is 91.9 cm³/mol. The first-order chi connectivity index (χ1) is 10.4. The summed E-state index contributed by atoms with van der Waals surface area (Å²) in [6, 6.07) is 7.55. The van der Waals surface area contributed by atoms with Gasteiger partial charge in [-0.05, 0) is 45.1 Å². The summed E-state index contributed by atoms with van der Waals surface area (Å²) >= 11 is 4.66. The van der Waals surface area contributed by atoms with Crippen LogP contribution in [0.4, 0.5) is 5.69 Å². The lowest BCUT2D eigenvalue weighted by Gasteiger charge is -2.07. The minimum Gasteiger partial charge on any atom is -0.461 e. The van der Waals surface area contributed by atoms with Crippen LogP contribution in [0.25, 0.3) is 0 Å². The van der Waals surface area contributed by atoms with Crippen LogP contribution in [0.5, 0.6) is 0 Å². The summed E-state index contributed by atoms with van der Waals surface area (Å²) in [4.78, 5) is 11.9. The van der Waals surface area contributed by atoms with Gasteiger partial charge in [-0.15, -0.1) is 0 Å². The van der Waals surface area contributed by atoms with Gasteiger partial charge < -0.3 is 10.5 Å². The summed E-state index contributed by atoms with van der Waals surface area (Å²) < 4.78 is 4.96. The van der Waals surface area contributed by atoms with E-state index in [0.29, 0.717) is 5.71 Å². The van der Waals surface area contributed by atoms with E-state index in [0.717, 1.165) is 11.3 Å². The van der Waals surface area contributed by atoms with Crippen molar-refractivity contribution in [2.45, 2.75) is 20.8 Å². The molecular weight excluding hydrogens is 302 g/mol. The number of hydrazone groups is 2. The standard InChI is InChI=1S/C14H19N5O2S/c1-4-21-13(20)12(10(3)16-19-14(15)22)18-17-11-7-5-9(2)6-8-11/h5-8,17H,4H2,1-3H3,(H3,15,19,22)/b16-10-,18-12-. The van der Waals surface area contributed by atoms with Crippen molar-refractivity contribution < 1.29 is 9.53 Å². The fourth-order valence-corrected chi connectivity index (χ4v) is 1.46. The number of nitrogens with zero attached hydrogens (tertiary/aromatic N) is 2. The molecule has 8 heteroatoms. The number of aryl methyl sites for hydroxylation is 1. The Bertz CT molecular complexity index is 596. The first-order valence-corrected chi connectivity index (χ1v) is 7.02. The molecule has 22 heavy (non-hydrogen) atoms. The van der Waals surface area contributed by atoms with Gasteiger partial charge in [0.25, 0.3) is 0 Å². The number of rotatable bonds is 6. The zero-order chi connectivity index (χ0) is 16.5. The number of nitrogens with two attached hydrogens (primary N) is 1. The molecule has 0 saturated carbocycles. The molecule has 1 aromatic rings. The molecule has 0 bridgehead atoms. The van der Waals surface area contributed by atoms with E-state index in [1.807, 2.05) is 31.2 Å². The van der Waals surface area contributed by atoms with Crippen molar-refractivity contribution >= 4 is 40.4 Å². The van der Waals surface area contributed by atoms with Crippen LogP contribution in [0.15, 0.2) is 34.5 Å². The minimum absolute atomic E-state index is 0.00551. The number of nitrogens with one attached hydrogen (secondary N) is 2. The van der Waals surface area contributed by atoms with Crippen LogP contribution in [0.2, 0.25) is 0 Å². The van der Waals surface area contributed by atoms with Gasteiger partial charge in [0.1, 0.15) is 0 Å². The van der Waals surface area contributed by atoms with Gasteiger partial charge in [0.2, 0.25) is 0 Å². The molecule has 0 unspecified atom stereocenters. The maximum atomic E-state index is 11.9. The number of ether oxygens (including phenoxy) is 1. The summed E-state index contributed by atoms with van der Waals surface area (Å²) in [6.07, 6.45) is 0. The Hall–Kier alpha value is -2.48. The van der Waals surface area contributed by atoms with Crippen molar-refractivity contribution in [1.29, 1.82) is 0 Å². The van der Waals surface area contributed by atoms with Crippen LogP contribution in [-0.2, 0) is 9.53 Å². The number of esters is 1. The second kappa shape index (κ2) is 8.73. The Kier molecular flexibility index (Phi) is 6.97. The Balaban J connectivity index is 2.95. The van der Waals surface area contributed by atoms with Crippen molar-refractivity contribution in [3.05, 3.63) is 29.8 Å². The van der Waals surface area contributed by atoms with Crippen molar-refractivity contribution in [1.82, 2.24) is 5.43 Å². The third kappa shape index (κ3) is 5.88. The third-order valence-electron chi connectivity index (χ3n) is 2.49.